The Morgan fingerprint density at radius 3 is 2.38 bits per heavy atom. The van der Waals surface area contributed by atoms with E-state index in [1.54, 1.807) is 38.4 Å². The van der Waals surface area contributed by atoms with Crippen molar-refractivity contribution in [2.75, 3.05) is 14.1 Å². The maximum atomic E-state index is 12.0. The number of nitrogens with zero attached hydrogens (tertiary/aromatic N) is 1. The van der Waals surface area contributed by atoms with E-state index in [4.69, 9.17) is 0 Å². The van der Waals surface area contributed by atoms with Gasteiger partial charge in [-0.25, -0.2) is 13.1 Å². The van der Waals surface area contributed by atoms with Crippen LogP contribution in [0.1, 0.15) is 18.4 Å². The third kappa shape index (κ3) is 5.44. The highest BCUT2D eigenvalue weighted by molar-refractivity contribution is 14.0. The van der Waals surface area contributed by atoms with Gasteiger partial charge < -0.3 is 10.6 Å². The van der Waals surface area contributed by atoms with Crippen molar-refractivity contribution in [3.63, 3.8) is 0 Å². The van der Waals surface area contributed by atoms with Gasteiger partial charge in [0, 0.05) is 26.7 Å². The minimum Gasteiger partial charge on any atom is -0.359 e. The number of benzene rings is 1. The molecule has 0 aromatic heterocycles. The van der Waals surface area contributed by atoms with Crippen LogP contribution in [0.25, 0.3) is 0 Å². The second kappa shape index (κ2) is 7.95. The molecule has 0 radical (unpaired) electrons. The smallest absolute Gasteiger partial charge is 0.240 e. The lowest BCUT2D eigenvalue weighted by Crippen LogP contribution is -2.34. The van der Waals surface area contributed by atoms with Crippen LogP contribution in [0.15, 0.2) is 34.2 Å². The number of halogens is 1. The normalized spacial score (nSPS) is 15.2. The molecule has 0 aliphatic heterocycles. The zero-order valence-electron chi connectivity index (χ0n) is 12.1. The van der Waals surface area contributed by atoms with Crippen molar-refractivity contribution in [1.29, 1.82) is 0 Å². The van der Waals surface area contributed by atoms with Crippen LogP contribution in [0.3, 0.4) is 0 Å². The van der Waals surface area contributed by atoms with Crippen molar-refractivity contribution >= 4 is 40.0 Å². The molecule has 0 spiro atoms. The first-order chi connectivity index (χ1) is 9.55. The van der Waals surface area contributed by atoms with E-state index in [-0.39, 0.29) is 30.0 Å². The standard InChI is InChI=1S/C13H20N4O2S.HI/c1-14-13(15-2)16-9-10-3-7-12(8-4-10)20(18,19)17-11-5-6-11;/h3-4,7-8,11,17H,5-6,9H2,1-2H3,(H2,14,15,16);1H. The summed E-state index contributed by atoms with van der Waals surface area (Å²) in [5, 5.41) is 6.03. The molecule has 0 heterocycles. The van der Waals surface area contributed by atoms with E-state index in [0.717, 1.165) is 18.4 Å². The summed E-state index contributed by atoms with van der Waals surface area (Å²) in [6, 6.07) is 6.99. The molecule has 2 rings (SSSR count). The second-order valence-electron chi connectivity index (χ2n) is 4.72. The Balaban J connectivity index is 0.00000220. The summed E-state index contributed by atoms with van der Waals surface area (Å²) >= 11 is 0. The second-order valence-corrected chi connectivity index (χ2v) is 6.43. The Morgan fingerprint density at radius 2 is 1.90 bits per heavy atom. The van der Waals surface area contributed by atoms with Crippen molar-refractivity contribution in [2.45, 2.75) is 30.3 Å². The predicted octanol–water partition coefficient (Wildman–Crippen LogP) is 1.04. The number of rotatable bonds is 5. The van der Waals surface area contributed by atoms with Gasteiger partial charge in [0.05, 0.1) is 4.90 Å². The van der Waals surface area contributed by atoms with Crippen LogP contribution >= 0.6 is 24.0 Å². The Morgan fingerprint density at radius 1 is 1.29 bits per heavy atom. The van der Waals surface area contributed by atoms with Crippen molar-refractivity contribution in [3.8, 4) is 0 Å². The molecule has 0 atom stereocenters. The highest BCUT2D eigenvalue weighted by Gasteiger charge is 2.27. The fourth-order valence-electron chi connectivity index (χ4n) is 1.74. The van der Waals surface area contributed by atoms with Crippen molar-refractivity contribution in [1.82, 2.24) is 15.4 Å². The summed E-state index contributed by atoms with van der Waals surface area (Å²) in [7, 11) is 0.118. The molecule has 6 nitrogen and oxygen atoms in total. The molecule has 1 saturated carbocycles. The molecule has 1 fully saturated rings. The number of sulfonamides is 1. The summed E-state index contributed by atoms with van der Waals surface area (Å²) in [5.41, 5.74) is 0.992. The summed E-state index contributed by atoms with van der Waals surface area (Å²) in [6.07, 6.45) is 1.87. The molecule has 0 amide bonds. The molecule has 8 heteroatoms. The molecular formula is C13H21IN4O2S. The van der Waals surface area contributed by atoms with Gasteiger partial charge in [-0.15, -0.1) is 24.0 Å². The van der Waals surface area contributed by atoms with Crippen LogP contribution in [-0.2, 0) is 16.6 Å². The maximum absolute atomic E-state index is 12.0. The van der Waals surface area contributed by atoms with Crippen LogP contribution in [0.5, 0.6) is 0 Å². The fraction of sp³-hybridized carbons (Fsp3) is 0.462. The van der Waals surface area contributed by atoms with Gasteiger partial charge in [0.1, 0.15) is 0 Å². The average molecular weight is 424 g/mol. The van der Waals surface area contributed by atoms with Crippen molar-refractivity contribution < 1.29 is 8.42 Å². The van der Waals surface area contributed by atoms with Gasteiger partial charge in [0.25, 0.3) is 0 Å². The van der Waals surface area contributed by atoms with E-state index in [1.807, 2.05) is 0 Å². The summed E-state index contributed by atoms with van der Waals surface area (Å²) in [4.78, 5) is 4.32. The predicted molar refractivity (Wildman–Crippen MR) is 94.5 cm³/mol. The highest BCUT2D eigenvalue weighted by Crippen LogP contribution is 2.22. The van der Waals surface area contributed by atoms with E-state index in [1.165, 1.54) is 0 Å². The van der Waals surface area contributed by atoms with Gasteiger partial charge in [0.15, 0.2) is 5.96 Å². The fourth-order valence-corrected chi connectivity index (χ4v) is 3.05. The van der Waals surface area contributed by atoms with Crippen molar-refractivity contribution in [3.05, 3.63) is 29.8 Å². The first-order valence-electron chi connectivity index (χ1n) is 6.55. The number of aliphatic imine (C=N–C) groups is 1. The zero-order valence-corrected chi connectivity index (χ0v) is 15.2. The Bertz CT molecular complexity index is 583. The minimum absolute atomic E-state index is 0. The summed E-state index contributed by atoms with van der Waals surface area (Å²) < 4.78 is 26.7. The van der Waals surface area contributed by atoms with Crippen LogP contribution in [0.2, 0.25) is 0 Å². The number of guanidine groups is 1. The van der Waals surface area contributed by atoms with Gasteiger partial charge in [-0.1, -0.05) is 12.1 Å². The molecule has 0 unspecified atom stereocenters. The number of nitrogens with one attached hydrogen (secondary N) is 3. The van der Waals surface area contributed by atoms with Crippen LogP contribution in [0, 0.1) is 0 Å². The molecule has 3 N–H and O–H groups in total. The molecule has 1 aliphatic carbocycles. The Hall–Kier alpha value is -0.870. The van der Waals surface area contributed by atoms with E-state index in [0.29, 0.717) is 17.4 Å². The summed E-state index contributed by atoms with van der Waals surface area (Å²) in [5.74, 6) is 0.692. The average Bonchev–Trinajstić information content (AvgIpc) is 3.24. The molecule has 21 heavy (non-hydrogen) atoms. The zero-order chi connectivity index (χ0) is 14.6. The maximum Gasteiger partial charge on any atom is 0.240 e. The lowest BCUT2D eigenvalue weighted by atomic mass is 10.2. The third-order valence-corrected chi connectivity index (χ3v) is 4.59. The molecule has 0 bridgehead atoms. The third-order valence-electron chi connectivity index (χ3n) is 3.05. The van der Waals surface area contributed by atoms with Crippen LogP contribution in [0.4, 0.5) is 0 Å². The first kappa shape index (κ1) is 18.2. The molecular weight excluding hydrogens is 403 g/mol. The quantitative estimate of drug-likeness (QED) is 0.375. The first-order valence-corrected chi connectivity index (χ1v) is 8.03. The number of hydrogen-bond donors (Lipinski definition) is 3. The largest absolute Gasteiger partial charge is 0.359 e. The minimum atomic E-state index is -3.36. The molecule has 1 aromatic rings. The van der Waals surface area contributed by atoms with Gasteiger partial charge in [-0.3, -0.25) is 4.99 Å². The van der Waals surface area contributed by atoms with Gasteiger partial charge >= 0.3 is 0 Å². The van der Waals surface area contributed by atoms with Gasteiger partial charge in [-0.2, -0.15) is 0 Å². The van der Waals surface area contributed by atoms with Crippen molar-refractivity contribution in [2.24, 2.45) is 4.99 Å². The molecule has 0 saturated heterocycles. The Kier molecular flexibility index (Phi) is 6.88. The van der Waals surface area contributed by atoms with E-state index < -0.39 is 10.0 Å². The van der Waals surface area contributed by atoms with E-state index >= 15 is 0 Å². The highest BCUT2D eigenvalue weighted by atomic mass is 127. The van der Waals surface area contributed by atoms with Gasteiger partial charge in [0.2, 0.25) is 10.0 Å². The molecule has 118 valence electrons. The number of hydrogen-bond acceptors (Lipinski definition) is 3. The Labute approximate surface area is 142 Å². The molecule has 1 aliphatic rings. The monoisotopic (exact) mass is 424 g/mol. The SMILES string of the molecule is CN=C(NC)NCc1ccc(S(=O)(=O)NC2CC2)cc1.I. The topological polar surface area (TPSA) is 82.6 Å². The van der Waals surface area contributed by atoms with Gasteiger partial charge in [-0.05, 0) is 30.5 Å². The van der Waals surface area contributed by atoms with Crippen LogP contribution in [-0.4, -0.2) is 34.5 Å². The lowest BCUT2D eigenvalue weighted by Gasteiger charge is -2.09. The lowest BCUT2D eigenvalue weighted by molar-refractivity contribution is 0.581. The van der Waals surface area contributed by atoms with E-state index in [9.17, 15) is 8.42 Å². The van der Waals surface area contributed by atoms with E-state index in [2.05, 4.69) is 20.3 Å². The van der Waals surface area contributed by atoms with Crippen LogP contribution < -0.4 is 15.4 Å². The summed E-state index contributed by atoms with van der Waals surface area (Å²) in [6.45, 7) is 0.587. The molecule has 1 aromatic carbocycles.